The van der Waals surface area contributed by atoms with Crippen LogP contribution < -0.4 is 0 Å². The largest absolute Gasteiger partial charge is 0.412 e. The van der Waals surface area contributed by atoms with E-state index in [2.05, 4.69) is 6.92 Å². The van der Waals surface area contributed by atoms with E-state index in [0.717, 1.165) is 12.8 Å². The van der Waals surface area contributed by atoms with Gasteiger partial charge >= 0.3 is 0 Å². The molecular formula is C18H40O4S. The molecule has 0 heterocycles. The number of hydrogen-bond donors (Lipinski definition) is 1. The van der Waals surface area contributed by atoms with Gasteiger partial charge in [0.05, 0.1) is 5.75 Å². The zero-order chi connectivity index (χ0) is 16.5. The highest BCUT2D eigenvalue weighted by molar-refractivity contribution is 7.85. The lowest BCUT2D eigenvalue weighted by molar-refractivity contribution is 0.478. The quantitative estimate of drug-likeness (QED) is 0.284. The van der Waals surface area contributed by atoms with Crippen LogP contribution in [-0.2, 0) is 10.1 Å². The van der Waals surface area contributed by atoms with Crippen molar-refractivity contribution in [2.75, 3.05) is 5.75 Å². The molecule has 0 aliphatic rings. The van der Waals surface area contributed by atoms with Crippen LogP contribution in [0.25, 0.3) is 0 Å². The van der Waals surface area contributed by atoms with Crippen LogP contribution in [0.3, 0.4) is 0 Å². The second-order valence-corrected chi connectivity index (χ2v) is 8.16. The first-order valence-corrected chi connectivity index (χ1v) is 11.1. The molecule has 23 heavy (non-hydrogen) atoms. The number of unbranched alkanes of at least 4 members (excludes halogenated alkanes) is 15. The molecule has 0 spiro atoms. The van der Waals surface area contributed by atoms with Crippen molar-refractivity contribution in [3.63, 3.8) is 0 Å². The average Bonchev–Trinajstić information content (AvgIpc) is 2.45. The zero-order valence-corrected chi connectivity index (χ0v) is 16.0. The van der Waals surface area contributed by atoms with Crippen molar-refractivity contribution < 1.29 is 18.4 Å². The number of rotatable bonds is 17. The lowest BCUT2D eigenvalue weighted by atomic mass is 10.0. The van der Waals surface area contributed by atoms with E-state index in [0.29, 0.717) is 6.42 Å². The maximum absolute atomic E-state index is 10.5. The van der Waals surface area contributed by atoms with Crippen molar-refractivity contribution in [3.8, 4) is 0 Å². The van der Waals surface area contributed by atoms with E-state index in [4.69, 9.17) is 4.55 Å². The van der Waals surface area contributed by atoms with E-state index in [1.165, 1.54) is 83.5 Å². The highest BCUT2D eigenvalue weighted by Gasteiger charge is 2.02. The van der Waals surface area contributed by atoms with Gasteiger partial charge in [0, 0.05) is 0 Å². The molecule has 0 aliphatic carbocycles. The van der Waals surface area contributed by atoms with Crippen LogP contribution in [0.1, 0.15) is 110 Å². The molecule has 0 aromatic carbocycles. The van der Waals surface area contributed by atoms with Crippen LogP contribution >= 0.6 is 0 Å². The first-order valence-electron chi connectivity index (χ1n) is 9.51. The molecule has 0 radical (unpaired) electrons. The molecule has 142 valence electrons. The summed E-state index contributed by atoms with van der Waals surface area (Å²) in [5, 5.41) is 0. The smallest absolute Gasteiger partial charge is 0.264 e. The number of hydrogen-bond acceptors (Lipinski definition) is 2. The van der Waals surface area contributed by atoms with E-state index in [1.807, 2.05) is 0 Å². The molecule has 0 saturated carbocycles. The first kappa shape index (κ1) is 25.1. The molecule has 0 aliphatic heterocycles. The highest BCUT2D eigenvalue weighted by Crippen LogP contribution is 2.13. The van der Waals surface area contributed by atoms with Crippen molar-refractivity contribution in [1.82, 2.24) is 0 Å². The fourth-order valence-corrected chi connectivity index (χ4v) is 3.40. The van der Waals surface area contributed by atoms with Gasteiger partial charge in [0.2, 0.25) is 0 Å². The van der Waals surface area contributed by atoms with E-state index in [1.54, 1.807) is 0 Å². The van der Waals surface area contributed by atoms with Gasteiger partial charge in [-0.3, -0.25) is 4.55 Å². The van der Waals surface area contributed by atoms with E-state index in [-0.39, 0.29) is 11.2 Å². The third-order valence-corrected chi connectivity index (χ3v) is 5.06. The maximum Gasteiger partial charge on any atom is 0.264 e. The van der Waals surface area contributed by atoms with Gasteiger partial charge in [-0.05, 0) is 6.42 Å². The fraction of sp³-hybridized carbons (Fsp3) is 1.00. The maximum atomic E-state index is 10.5. The molecule has 0 aromatic rings. The molecule has 0 saturated heterocycles. The van der Waals surface area contributed by atoms with Gasteiger partial charge in [-0.2, -0.15) is 8.42 Å². The standard InChI is InChI=1S/C18H38O3S.H2O/c1-2-3-4-5-6-7-8-9-10-11-12-13-14-15-16-17-18-22(19,20)21;/h2-18H2,1H3,(H,19,20,21);1H2. The van der Waals surface area contributed by atoms with Crippen LogP contribution in [0, 0.1) is 0 Å². The normalized spacial score (nSPS) is 11.4. The van der Waals surface area contributed by atoms with E-state index < -0.39 is 10.1 Å². The summed E-state index contributed by atoms with van der Waals surface area (Å²) in [6, 6.07) is 0. The summed E-state index contributed by atoms with van der Waals surface area (Å²) in [5.41, 5.74) is 0. The monoisotopic (exact) mass is 352 g/mol. The average molecular weight is 353 g/mol. The third-order valence-electron chi connectivity index (χ3n) is 4.26. The van der Waals surface area contributed by atoms with Crippen LogP contribution in [0.5, 0.6) is 0 Å². The van der Waals surface area contributed by atoms with E-state index >= 15 is 0 Å². The molecule has 4 nitrogen and oxygen atoms in total. The minimum Gasteiger partial charge on any atom is -0.412 e. The Bertz CT molecular complexity index is 315. The SMILES string of the molecule is CCCCCCCCCCCCCCCCCCS(=O)(=O)O.O. The lowest BCUT2D eigenvalue weighted by Gasteiger charge is -2.03. The molecule has 0 atom stereocenters. The molecule has 0 fully saturated rings. The Balaban J connectivity index is 0. The van der Waals surface area contributed by atoms with Gasteiger partial charge in [0.1, 0.15) is 0 Å². The van der Waals surface area contributed by atoms with Crippen molar-refractivity contribution in [1.29, 1.82) is 0 Å². The van der Waals surface area contributed by atoms with Gasteiger partial charge in [-0.15, -0.1) is 0 Å². The van der Waals surface area contributed by atoms with Crippen molar-refractivity contribution in [2.45, 2.75) is 110 Å². The molecule has 0 bridgehead atoms. The van der Waals surface area contributed by atoms with Crippen molar-refractivity contribution >= 4 is 10.1 Å². The summed E-state index contributed by atoms with van der Waals surface area (Å²) >= 11 is 0. The topological polar surface area (TPSA) is 85.9 Å². The first-order chi connectivity index (χ1) is 10.6. The molecule has 0 amide bonds. The second-order valence-electron chi connectivity index (χ2n) is 6.59. The minimum atomic E-state index is -3.74. The predicted molar refractivity (Wildman–Crippen MR) is 99.6 cm³/mol. The van der Waals surface area contributed by atoms with Crippen LogP contribution in [0.15, 0.2) is 0 Å². The van der Waals surface area contributed by atoms with Crippen molar-refractivity contribution in [3.05, 3.63) is 0 Å². The lowest BCUT2D eigenvalue weighted by Crippen LogP contribution is -2.03. The molecule has 5 heteroatoms. The van der Waals surface area contributed by atoms with Gasteiger partial charge < -0.3 is 5.48 Å². The summed E-state index contributed by atoms with van der Waals surface area (Å²) < 4.78 is 29.7. The Morgan fingerprint density at radius 2 is 0.826 bits per heavy atom. The molecule has 0 aromatic heterocycles. The van der Waals surface area contributed by atoms with Crippen LogP contribution in [0.4, 0.5) is 0 Å². The summed E-state index contributed by atoms with van der Waals surface area (Å²) in [4.78, 5) is 0. The Kier molecular flexibility index (Phi) is 19.9. The Labute approximate surface area is 144 Å². The fourth-order valence-electron chi connectivity index (χ4n) is 2.83. The molecular weight excluding hydrogens is 312 g/mol. The second kappa shape index (κ2) is 18.2. The van der Waals surface area contributed by atoms with E-state index in [9.17, 15) is 8.42 Å². The van der Waals surface area contributed by atoms with Gasteiger partial charge in [-0.1, -0.05) is 103 Å². The molecule has 0 unspecified atom stereocenters. The Hall–Kier alpha value is -0.130. The molecule has 0 rings (SSSR count). The summed E-state index contributed by atoms with van der Waals surface area (Å²) in [6.07, 6.45) is 20.3. The van der Waals surface area contributed by atoms with Crippen molar-refractivity contribution in [2.24, 2.45) is 0 Å². The molecule has 3 N–H and O–H groups in total. The van der Waals surface area contributed by atoms with Gasteiger partial charge in [-0.25, -0.2) is 0 Å². The summed E-state index contributed by atoms with van der Waals surface area (Å²) in [7, 11) is -3.74. The highest BCUT2D eigenvalue weighted by atomic mass is 32.2. The predicted octanol–water partition coefficient (Wildman–Crippen LogP) is 5.31. The minimum absolute atomic E-state index is 0. The Morgan fingerprint density at radius 3 is 1.09 bits per heavy atom. The third kappa shape index (κ3) is 24.2. The van der Waals surface area contributed by atoms with Crippen LogP contribution in [0.2, 0.25) is 0 Å². The van der Waals surface area contributed by atoms with Gasteiger partial charge in [0.25, 0.3) is 10.1 Å². The zero-order valence-electron chi connectivity index (χ0n) is 15.2. The van der Waals surface area contributed by atoms with Crippen LogP contribution in [-0.4, -0.2) is 24.2 Å². The van der Waals surface area contributed by atoms with Gasteiger partial charge in [0.15, 0.2) is 0 Å². The summed E-state index contributed by atoms with van der Waals surface area (Å²) in [6.45, 7) is 2.26. The summed E-state index contributed by atoms with van der Waals surface area (Å²) in [5.74, 6) is -0.0779. The Morgan fingerprint density at radius 1 is 0.565 bits per heavy atom.